The Kier molecular flexibility index (Phi) is 5.74. The molecule has 0 fully saturated rings. The van der Waals surface area contributed by atoms with Gasteiger partial charge in [-0.3, -0.25) is 4.79 Å². The summed E-state index contributed by atoms with van der Waals surface area (Å²) in [6.45, 7) is 1.97. The van der Waals surface area contributed by atoms with Crippen LogP contribution in [-0.4, -0.2) is 32.6 Å². The predicted octanol–water partition coefficient (Wildman–Crippen LogP) is 3.05. The number of quaternary nitrogens is 1. The average molecular weight is 485 g/mol. The second kappa shape index (κ2) is 8.70. The Bertz CT molecular complexity index is 1240. The van der Waals surface area contributed by atoms with Gasteiger partial charge < -0.3 is 25.0 Å². The predicted molar refractivity (Wildman–Crippen MR) is 127 cm³/mol. The van der Waals surface area contributed by atoms with E-state index < -0.39 is 12.1 Å². The van der Waals surface area contributed by atoms with Gasteiger partial charge in [0, 0.05) is 11.4 Å². The molecule has 170 valence electrons. The maximum Gasteiger partial charge on any atom is 0.343 e. The molecular weight excluding hydrogens is 462 g/mol. The molecule has 7 nitrogen and oxygen atoms in total. The van der Waals surface area contributed by atoms with Crippen LogP contribution in [-0.2, 0) is 13.0 Å². The highest BCUT2D eigenvalue weighted by Gasteiger charge is 2.34. The molecule has 0 saturated carbocycles. The fraction of sp³-hybridized carbons (Fsp3) is 0.250. The Hall–Kier alpha value is -3.07. The van der Waals surface area contributed by atoms with Gasteiger partial charge >= 0.3 is 5.97 Å². The van der Waals surface area contributed by atoms with Gasteiger partial charge in [0.2, 0.25) is 0 Å². The summed E-state index contributed by atoms with van der Waals surface area (Å²) in [5.41, 5.74) is 3.13. The molecular formula is C24H23ClN3O4S+. The number of likely N-dealkylation sites (N-methyl/N-ethyl adjacent to an activating group) is 1. The summed E-state index contributed by atoms with van der Waals surface area (Å²) in [5, 5.41) is 7.96. The molecule has 3 heterocycles. The normalized spacial score (nSPS) is 19.1. The van der Waals surface area contributed by atoms with Crippen LogP contribution in [0.4, 0.5) is 5.00 Å². The molecule has 0 spiro atoms. The topological polar surface area (TPSA) is 81.1 Å². The van der Waals surface area contributed by atoms with Crippen LogP contribution in [0.1, 0.15) is 42.9 Å². The fourth-order valence-electron chi connectivity index (χ4n) is 4.19. The van der Waals surface area contributed by atoms with Crippen molar-refractivity contribution >= 4 is 39.8 Å². The van der Waals surface area contributed by atoms with Crippen LogP contribution >= 0.6 is 22.9 Å². The van der Waals surface area contributed by atoms with E-state index in [0.29, 0.717) is 22.1 Å². The molecule has 1 aromatic heterocycles. The molecule has 2 aliphatic rings. The molecule has 0 radical (unpaired) electrons. The van der Waals surface area contributed by atoms with E-state index in [-0.39, 0.29) is 5.91 Å². The Labute approximate surface area is 200 Å². The van der Waals surface area contributed by atoms with Crippen LogP contribution in [0.5, 0.6) is 11.5 Å². The molecule has 0 saturated heterocycles. The summed E-state index contributed by atoms with van der Waals surface area (Å²) in [4.78, 5) is 28.2. The number of carbonyl (C=O) groups excluding carboxylic acids is 2. The zero-order valence-electron chi connectivity index (χ0n) is 18.2. The Morgan fingerprint density at radius 2 is 1.94 bits per heavy atom. The monoisotopic (exact) mass is 484 g/mol. The number of fused-ring (bicyclic) bond motifs is 3. The van der Waals surface area contributed by atoms with E-state index in [4.69, 9.17) is 21.1 Å². The van der Waals surface area contributed by atoms with Crippen LogP contribution in [0.25, 0.3) is 0 Å². The lowest BCUT2D eigenvalue weighted by Crippen LogP contribution is -3.08. The molecule has 2 aromatic carbocycles. The first-order valence-electron chi connectivity index (χ1n) is 10.6. The lowest BCUT2D eigenvalue weighted by molar-refractivity contribution is -0.895. The van der Waals surface area contributed by atoms with E-state index in [9.17, 15) is 9.59 Å². The molecule has 9 heteroatoms. The molecule has 33 heavy (non-hydrogen) atoms. The zero-order chi connectivity index (χ0) is 23.1. The van der Waals surface area contributed by atoms with Gasteiger partial charge in [-0.1, -0.05) is 17.7 Å². The smallest absolute Gasteiger partial charge is 0.343 e. The lowest BCUT2D eigenvalue weighted by Gasteiger charge is -2.27. The fourth-order valence-corrected chi connectivity index (χ4v) is 5.71. The highest BCUT2D eigenvalue weighted by molar-refractivity contribution is 7.16. The maximum absolute atomic E-state index is 13.0. The Morgan fingerprint density at radius 1 is 1.15 bits per heavy atom. The van der Waals surface area contributed by atoms with Crippen LogP contribution in [0, 0.1) is 0 Å². The maximum atomic E-state index is 13.0. The first-order valence-corrected chi connectivity index (χ1v) is 11.8. The van der Waals surface area contributed by atoms with Crippen LogP contribution in [0.3, 0.4) is 0 Å². The number of methoxy groups -OCH3 is 1. The van der Waals surface area contributed by atoms with E-state index in [0.717, 1.165) is 35.6 Å². The van der Waals surface area contributed by atoms with Crippen LogP contribution in [0.2, 0.25) is 5.02 Å². The number of anilines is 1. The number of hydrogen-bond donors (Lipinski definition) is 3. The zero-order valence-corrected chi connectivity index (χ0v) is 19.7. The number of nitrogens with one attached hydrogen (secondary N) is 3. The van der Waals surface area contributed by atoms with Crippen molar-refractivity contribution in [3.8, 4) is 11.5 Å². The number of amides is 1. The minimum Gasteiger partial charge on any atom is -0.493 e. The van der Waals surface area contributed by atoms with E-state index in [1.54, 1.807) is 53.8 Å². The van der Waals surface area contributed by atoms with Crippen molar-refractivity contribution in [1.29, 1.82) is 0 Å². The third-order valence-corrected chi connectivity index (χ3v) is 7.35. The summed E-state index contributed by atoms with van der Waals surface area (Å²) in [5.74, 6) is 0.111. The molecule has 2 atom stereocenters. The summed E-state index contributed by atoms with van der Waals surface area (Å²) >= 11 is 7.55. The van der Waals surface area contributed by atoms with Crippen LogP contribution < -0.4 is 25.0 Å². The molecule has 1 unspecified atom stereocenters. The Balaban J connectivity index is 1.38. The third-order valence-electron chi connectivity index (χ3n) is 5.94. The van der Waals surface area contributed by atoms with Gasteiger partial charge in [0.05, 0.1) is 36.7 Å². The standard InChI is InChI=1S/C24H22ClN3O4S/c1-28-10-9-16-19(12-28)33-23-20(16)22(29)26-21(27-23)14-5-8-17(18(11-14)31-2)32-24(30)13-3-6-15(25)7-4-13/h3-8,11,21,27H,9-10,12H2,1-2H3,(H,26,29)/p+1/t21-/m0/s1. The quantitative estimate of drug-likeness (QED) is 0.392. The molecule has 5 rings (SSSR count). The summed E-state index contributed by atoms with van der Waals surface area (Å²) in [6.07, 6.45) is 0.499. The van der Waals surface area contributed by atoms with Crippen LogP contribution in [0.15, 0.2) is 42.5 Å². The number of carbonyl (C=O) groups is 2. The van der Waals surface area contributed by atoms with Crippen molar-refractivity contribution in [2.45, 2.75) is 19.1 Å². The summed E-state index contributed by atoms with van der Waals surface area (Å²) in [7, 11) is 3.68. The number of esters is 1. The van der Waals surface area contributed by atoms with Gasteiger partial charge in [0.15, 0.2) is 11.5 Å². The number of thiophene rings is 1. The minimum absolute atomic E-state index is 0.0667. The second-order valence-electron chi connectivity index (χ2n) is 8.20. The van der Waals surface area contributed by atoms with Gasteiger partial charge in [-0.2, -0.15) is 0 Å². The molecule has 0 bridgehead atoms. The van der Waals surface area contributed by atoms with Gasteiger partial charge in [0.1, 0.15) is 17.7 Å². The highest BCUT2D eigenvalue weighted by atomic mass is 35.5. The SMILES string of the molecule is COc1cc([C@H]2NC(=O)c3c(sc4c3CC[NH+](C)C4)N2)ccc1OC(=O)c1ccc(Cl)cc1. The minimum atomic E-state index is -0.511. The second-order valence-corrected chi connectivity index (χ2v) is 9.74. The summed E-state index contributed by atoms with van der Waals surface area (Å²) < 4.78 is 11.0. The largest absolute Gasteiger partial charge is 0.493 e. The molecule has 0 aliphatic carbocycles. The van der Waals surface area contributed by atoms with Gasteiger partial charge in [-0.15, -0.1) is 11.3 Å². The molecule has 2 aliphatic heterocycles. The van der Waals surface area contributed by atoms with Crippen molar-refractivity contribution in [3.63, 3.8) is 0 Å². The number of halogens is 1. The number of benzene rings is 2. The van der Waals surface area contributed by atoms with Crippen molar-refractivity contribution in [3.05, 3.63) is 74.6 Å². The third kappa shape index (κ3) is 4.17. The highest BCUT2D eigenvalue weighted by Crippen LogP contribution is 2.40. The van der Waals surface area contributed by atoms with Gasteiger partial charge in [-0.25, -0.2) is 4.79 Å². The van der Waals surface area contributed by atoms with Gasteiger partial charge in [0.25, 0.3) is 5.91 Å². The number of hydrogen-bond acceptors (Lipinski definition) is 6. The first-order chi connectivity index (χ1) is 15.9. The first kappa shape index (κ1) is 21.8. The molecule has 3 aromatic rings. The van der Waals surface area contributed by atoms with Crippen molar-refractivity contribution in [2.24, 2.45) is 0 Å². The molecule has 1 amide bonds. The van der Waals surface area contributed by atoms with E-state index in [1.807, 2.05) is 0 Å². The molecule has 3 N–H and O–H groups in total. The van der Waals surface area contributed by atoms with Crippen molar-refractivity contribution in [2.75, 3.05) is 26.0 Å². The average Bonchev–Trinajstić information content (AvgIpc) is 3.17. The lowest BCUT2D eigenvalue weighted by atomic mass is 10.0. The number of ether oxygens (including phenoxy) is 2. The van der Waals surface area contributed by atoms with Crippen molar-refractivity contribution in [1.82, 2.24) is 5.32 Å². The Morgan fingerprint density at radius 3 is 2.70 bits per heavy atom. The van der Waals surface area contributed by atoms with E-state index in [2.05, 4.69) is 17.7 Å². The summed E-state index contributed by atoms with van der Waals surface area (Å²) in [6, 6.07) is 11.7. The van der Waals surface area contributed by atoms with E-state index in [1.165, 1.54) is 22.5 Å². The van der Waals surface area contributed by atoms with E-state index >= 15 is 0 Å². The van der Waals surface area contributed by atoms with Crippen molar-refractivity contribution < 1.29 is 24.0 Å². The van der Waals surface area contributed by atoms with Gasteiger partial charge in [-0.05, 0) is 47.5 Å². The number of rotatable bonds is 4.